The lowest BCUT2D eigenvalue weighted by Gasteiger charge is -2.22. The first-order chi connectivity index (χ1) is 16.4. The molecule has 3 aromatic carbocycles. The maximum absolute atomic E-state index is 13.3. The van der Waals surface area contributed by atoms with Crippen molar-refractivity contribution in [2.75, 3.05) is 30.0 Å². The van der Waals surface area contributed by atoms with Gasteiger partial charge in [-0.05, 0) is 48.5 Å². The summed E-state index contributed by atoms with van der Waals surface area (Å²) in [5.41, 5.74) is 1.18. The Morgan fingerprint density at radius 1 is 0.882 bits per heavy atom. The Hall–Kier alpha value is -4.51. The van der Waals surface area contributed by atoms with Gasteiger partial charge in [-0.25, -0.2) is 9.18 Å². The summed E-state index contributed by atoms with van der Waals surface area (Å²) in [5, 5.41) is 8.90. The van der Waals surface area contributed by atoms with Crippen molar-refractivity contribution in [1.82, 2.24) is 0 Å². The first kappa shape index (κ1) is 24.1. The van der Waals surface area contributed by atoms with Gasteiger partial charge in [-0.15, -0.1) is 0 Å². The number of ether oxygens (including phenoxy) is 1. The van der Waals surface area contributed by atoms with Crippen LogP contribution in [-0.4, -0.2) is 38.0 Å². The molecule has 8 heteroatoms. The lowest BCUT2D eigenvalue weighted by atomic mass is 10.1. The van der Waals surface area contributed by atoms with E-state index in [-0.39, 0.29) is 24.1 Å². The molecule has 0 fully saturated rings. The second-order valence-electron chi connectivity index (χ2n) is 7.25. The van der Waals surface area contributed by atoms with Gasteiger partial charge in [0.1, 0.15) is 5.82 Å². The van der Waals surface area contributed by atoms with Gasteiger partial charge in [0, 0.05) is 25.0 Å². The third kappa shape index (κ3) is 5.84. The zero-order valence-electron chi connectivity index (χ0n) is 18.5. The van der Waals surface area contributed by atoms with Crippen molar-refractivity contribution in [3.63, 3.8) is 0 Å². The highest BCUT2D eigenvalue weighted by Crippen LogP contribution is 2.19. The van der Waals surface area contributed by atoms with Crippen LogP contribution in [0.25, 0.3) is 0 Å². The van der Waals surface area contributed by atoms with Crippen molar-refractivity contribution in [2.24, 2.45) is 0 Å². The number of hydrogen-bond acceptors (Lipinski definition) is 5. The number of para-hydroxylation sites is 1. The Labute approximate surface area is 196 Å². The van der Waals surface area contributed by atoms with Crippen LogP contribution in [0.4, 0.5) is 15.8 Å². The van der Waals surface area contributed by atoms with Crippen molar-refractivity contribution < 1.29 is 23.5 Å². The first-order valence-corrected chi connectivity index (χ1v) is 10.4. The van der Waals surface area contributed by atoms with Crippen LogP contribution < -0.4 is 9.80 Å². The van der Waals surface area contributed by atoms with Crippen LogP contribution in [0.15, 0.2) is 78.9 Å². The summed E-state index contributed by atoms with van der Waals surface area (Å²) < 4.78 is 18.5. The van der Waals surface area contributed by atoms with Gasteiger partial charge in [-0.3, -0.25) is 9.59 Å². The predicted octanol–water partition coefficient (Wildman–Crippen LogP) is 4.21. The van der Waals surface area contributed by atoms with E-state index in [4.69, 9.17) is 10.00 Å². The van der Waals surface area contributed by atoms with E-state index in [2.05, 4.69) is 0 Å². The Morgan fingerprint density at radius 2 is 1.50 bits per heavy atom. The smallest absolute Gasteiger partial charge is 0.339 e. The van der Waals surface area contributed by atoms with E-state index < -0.39 is 30.2 Å². The van der Waals surface area contributed by atoms with E-state index in [0.29, 0.717) is 11.4 Å². The summed E-state index contributed by atoms with van der Waals surface area (Å²) >= 11 is 0. The number of halogens is 1. The lowest BCUT2D eigenvalue weighted by Crippen LogP contribution is -2.35. The molecule has 0 aliphatic carbocycles. The largest absolute Gasteiger partial charge is 0.452 e. The molecule has 0 radical (unpaired) electrons. The Balaban J connectivity index is 1.74. The molecule has 172 valence electrons. The maximum Gasteiger partial charge on any atom is 0.339 e. The summed E-state index contributed by atoms with van der Waals surface area (Å²) in [4.78, 5) is 41.2. The van der Waals surface area contributed by atoms with E-state index in [9.17, 15) is 18.8 Å². The number of rotatable bonds is 8. The number of carbonyl (C=O) groups excluding carboxylic acids is 3. The van der Waals surface area contributed by atoms with Gasteiger partial charge in [0.25, 0.3) is 11.8 Å². The number of anilines is 2. The third-order valence-electron chi connectivity index (χ3n) is 5.04. The van der Waals surface area contributed by atoms with Crippen molar-refractivity contribution >= 4 is 29.2 Å². The molecule has 0 aromatic heterocycles. The van der Waals surface area contributed by atoms with E-state index in [1.54, 1.807) is 43.4 Å². The summed E-state index contributed by atoms with van der Waals surface area (Å²) in [7, 11) is 1.60. The number of amides is 2. The first-order valence-electron chi connectivity index (χ1n) is 10.4. The standard InChI is InChI=1S/C26H22FN3O4/c1-29(20-8-3-2-4-9-20)25(32)22-10-5-6-11-23(22)26(33)34-18-24(31)30(17-7-16-28)21-14-12-19(27)13-15-21/h2-6,8-15H,7,17-18H2,1H3. The highest BCUT2D eigenvalue weighted by atomic mass is 19.1. The summed E-state index contributed by atoms with van der Waals surface area (Å²) in [6, 6.07) is 22.3. The van der Waals surface area contributed by atoms with Crippen LogP contribution in [-0.2, 0) is 9.53 Å². The molecule has 0 saturated heterocycles. The van der Waals surface area contributed by atoms with E-state index in [0.717, 1.165) is 0 Å². The lowest BCUT2D eigenvalue weighted by molar-refractivity contribution is -0.121. The van der Waals surface area contributed by atoms with Crippen LogP contribution in [0.5, 0.6) is 0 Å². The van der Waals surface area contributed by atoms with Gasteiger partial charge in [-0.2, -0.15) is 5.26 Å². The fourth-order valence-corrected chi connectivity index (χ4v) is 3.26. The minimum Gasteiger partial charge on any atom is -0.452 e. The Bertz CT molecular complexity index is 1210. The molecule has 0 heterocycles. The normalized spacial score (nSPS) is 10.1. The molecule has 7 nitrogen and oxygen atoms in total. The molecule has 34 heavy (non-hydrogen) atoms. The van der Waals surface area contributed by atoms with E-state index in [1.807, 2.05) is 12.1 Å². The Morgan fingerprint density at radius 3 is 2.15 bits per heavy atom. The zero-order valence-corrected chi connectivity index (χ0v) is 18.5. The second kappa shape index (κ2) is 11.4. The SMILES string of the molecule is CN(C(=O)c1ccccc1C(=O)OCC(=O)N(CCC#N)c1ccc(F)cc1)c1ccccc1. The molecule has 3 aromatic rings. The average molecular weight is 459 g/mol. The van der Waals surface area contributed by atoms with Gasteiger partial charge < -0.3 is 14.5 Å². The van der Waals surface area contributed by atoms with Crippen molar-refractivity contribution in [2.45, 2.75) is 6.42 Å². The fraction of sp³-hybridized carbons (Fsp3) is 0.154. The number of hydrogen-bond donors (Lipinski definition) is 0. The minimum absolute atomic E-state index is 0.0217. The average Bonchev–Trinajstić information content (AvgIpc) is 2.88. The molecule has 0 bridgehead atoms. The molecule has 3 rings (SSSR count). The number of nitrogens with zero attached hydrogens (tertiary/aromatic N) is 3. The highest BCUT2D eigenvalue weighted by Gasteiger charge is 2.23. The molecule has 0 aliphatic heterocycles. The van der Waals surface area contributed by atoms with Crippen LogP contribution in [0.3, 0.4) is 0 Å². The second-order valence-corrected chi connectivity index (χ2v) is 7.25. The van der Waals surface area contributed by atoms with E-state index in [1.165, 1.54) is 46.2 Å². The highest BCUT2D eigenvalue weighted by molar-refractivity contribution is 6.12. The number of esters is 1. The molecule has 0 aliphatic rings. The Kier molecular flexibility index (Phi) is 8.08. The van der Waals surface area contributed by atoms with Crippen molar-refractivity contribution in [3.05, 3.63) is 95.8 Å². The van der Waals surface area contributed by atoms with Crippen LogP contribution in [0.1, 0.15) is 27.1 Å². The summed E-state index contributed by atoms with van der Waals surface area (Å²) in [5.74, 6) is -2.30. The van der Waals surface area contributed by atoms with E-state index >= 15 is 0 Å². The monoisotopic (exact) mass is 459 g/mol. The summed E-state index contributed by atoms with van der Waals surface area (Å²) in [6.07, 6.45) is 0.0419. The fourth-order valence-electron chi connectivity index (χ4n) is 3.26. The minimum atomic E-state index is -0.835. The predicted molar refractivity (Wildman–Crippen MR) is 125 cm³/mol. The van der Waals surface area contributed by atoms with Gasteiger partial charge in [0.05, 0.1) is 23.6 Å². The van der Waals surface area contributed by atoms with Gasteiger partial charge >= 0.3 is 5.97 Å². The molecule has 0 saturated carbocycles. The quantitative estimate of drug-likeness (QED) is 0.471. The van der Waals surface area contributed by atoms with Crippen molar-refractivity contribution in [1.29, 1.82) is 5.26 Å². The molecule has 2 amide bonds. The number of benzene rings is 3. The maximum atomic E-state index is 13.3. The topological polar surface area (TPSA) is 90.7 Å². The number of carbonyl (C=O) groups is 3. The molecule has 0 spiro atoms. The van der Waals surface area contributed by atoms with Crippen LogP contribution in [0.2, 0.25) is 0 Å². The number of nitriles is 1. The third-order valence-corrected chi connectivity index (χ3v) is 5.04. The summed E-state index contributed by atoms with van der Waals surface area (Å²) in [6.45, 7) is -0.561. The van der Waals surface area contributed by atoms with Crippen LogP contribution in [0, 0.1) is 17.1 Å². The van der Waals surface area contributed by atoms with Gasteiger partial charge in [0.2, 0.25) is 0 Å². The molecular weight excluding hydrogens is 437 g/mol. The zero-order chi connectivity index (χ0) is 24.5. The van der Waals surface area contributed by atoms with Gasteiger partial charge in [0.15, 0.2) is 6.61 Å². The van der Waals surface area contributed by atoms with Gasteiger partial charge in [-0.1, -0.05) is 30.3 Å². The molecular formula is C26H22FN3O4. The molecule has 0 unspecified atom stereocenters. The van der Waals surface area contributed by atoms with Crippen LogP contribution >= 0.6 is 0 Å². The van der Waals surface area contributed by atoms with Crippen molar-refractivity contribution in [3.8, 4) is 6.07 Å². The molecule has 0 atom stereocenters. The molecule has 0 N–H and O–H groups in total.